The van der Waals surface area contributed by atoms with E-state index in [4.69, 9.17) is 10.5 Å². The number of aromatic nitrogens is 1. The van der Waals surface area contributed by atoms with E-state index in [9.17, 15) is 23.3 Å². The highest BCUT2D eigenvalue weighted by Gasteiger charge is 2.25. The Morgan fingerprint density at radius 1 is 1.15 bits per heavy atom. The van der Waals surface area contributed by atoms with E-state index in [0.29, 0.717) is 5.75 Å². The fraction of sp³-hybridized carbons (Fsp3) is 0.0625. The Bertz CT molecular complexity index is 1130. The predicted octanol–water partition coefficient (Wildman–Crippen LogP) is 2.02. The first-order valence-corrected chi connectivity index (χ1v) is 8.72. The summed E-state index contributed by atoms with van der Waals surface area (Å²) in [6, 6.07) is 9.11. The lowest BCUT2D eigenvalue weighted by Crippen LogP contribution is -2.10. The lowest BCUT2D eigenvalue weighted by molar-refractivity contribution is -0.383. The molecule has 0 radical (unpaired) electrons. The summed E-state index contributed by atoms with van der Waals surface area (Å²) in [6.45, 7) is 0. The summed E-state index contributed by atoms with van der Waals surface area (Å²) in [4.78, 5) is 24.2. The Morgan fingerprint density at radius 2 is 1.81 bits per heavy atom. The van der Waals surface area contributed by atoms with Gasteiger partial charge in [0.2, 0.25) is 9.84 Å². The molecule has 0 aliphatic heterocycles. The molecule has 0 fully saturated rings. The molecule has 0 spiro atoms. The van der Waals surface area contributed by atoms with Crippen molar-refractivity contribution in [2.45, 2.75) is 9.79 Å². The number of ether oxygens (including phenoxy) is 1. The molecule has 1 aromatic heterocycles. The third-order valence-corrected chi connectivity index (χ3v) is 5.57. The molecule has 1 heterocycles. The smallest absolute Gasteiger partial charge is 0.294 e. The molecule has 3 rings (SSSR count). The van der Waals surface area contributed by atoms with Crippen LogP contribution in [0.5, 0.6) is 5.75 Å². The van der Waals surface area contributed by atoms with Gasteiger partial charge in [-0.05, 0) is 36.4 Å². The molecular formula is C16H13N3O6S. The second kappa shape index (κ2) is 6.15. The Balaban J connectivity index is 2.23. The molecule has 0 aliphatic rings. The molecule has 134 valence electrons. The molecule has 0 saturated carbocycles. The highest BCUT2D eigenvalue weighted by atomic mass is 32.2. The quantitative estimate of drug-likeness (QED) is 0.515. The normalized spacial score (nSPS) is 11.4. The number of benzene rings is 2. The van der Waals surface area contributed by atoms with Crippen molar-refractivity contribution in [3.05, 3.63) is 58.3 Å². The van der Waals surface area contributed by atoms with Gasteiger partial charge in [0.1, 0.15) is 17.0 Å². The topological polar surface area (TPSA) is 145 Å². The molecule has 0 atom stereocenters. The van der Waals surface area contributed by atoms with E-state index in [1.165, 1.54) is 43.5 Å². The summed E-state index contributed by atoms with van der Waals surface area (Å²) in [6.07, 6.45) is 0. The van der Waals surface area contributed by atoms with Crippen LogP contribution in [-0.2, 0) is 9.84 Å². The number of nitro benzene ring substituents is 1. The summed E-state index contributed by atoms with van der Waals surface area (Å²) < 4.78 is 30.6. The number of aromatic amines is 1. The average Bonchev–Trinajstić information content (AvgIpc) is 3.05. The number of hydrogen-bond acceptors (Lipinski definition) is 6. The van der Waals surface area contributed by atoms with Crippen LogP contribution in [0.3, 0.4) is 0 Å². The molecule has 1 amide bonds. The number of nitrogens with zero attached hydrogens (tertiary/aromatic N) is 1. The number of amides is 1. The fourth-order valence-electron chi connectivity index (χ4n) is 2.52. The Kier molecular flexibility index (Phi) is 4.12. The third-order valence-electron chi connectivity index (χ3n) is 3.82. The van der Waals surface area contributed by atoms with Crippen LogP contribution in [0.1, 0.15) is 10.5 Å². The molecule has 2 aromatic carbocycles. The van der Waals surface area contributed by atoms with Crippen molar-refractivity contribution >= 4 is 32.3 Å². The minimum atomic E-state index is -4.01. The van der Waals surface area contributed by atoms with Gasteiger partial charge in [-0.25, -0.2) is 8.42 Å². The summed E-state index contributed by atoms with van der Waals surface area (Å²) >= 11 is 0. The molecule has 3 N–H and O–H groups in total. The van der Waals surface area contributed by atoms with E-state index >= 15 is 0 Å². The van der Waals surface area contributed by atoms with Gasteiger partial charge in [0, 0.05) is 11.5 Å². The monoisotopic (exact) mass is 375 g/mol. The molecule has 10 heteroatoms. The number of rotatable bonds is 5. The average molecular weight is 375 g/mol. The molecule has 26 heavy (non-hydrogen) atoms. The molecule has 0 aliphatic carbocycles. The van der Waals surface area contributed by atoms with Crippen molar-refractivity contribution in [3.8, 4) is 5.75 Å². The van der Waals surface area contributed by atoms with Crippen LogP contribution in [0.15, 0.2) is 52.3 Å². The SMILES string of the molecule is COc1ccc(S(=O)(=O)c2cc([N+](=O)[O-])c3[nH]c(C(N)=O)cc3c2)cc1. The van der Waals surface area contributed by atoms with Crippen LogP contribution in [0.2, 0.25) is 0 Å². The van der Waals surface area contributed by atoms with Crippen molar-refractivity contribution in [1.82, 2.24) is 4.98 Å². The first-order valence-electron chi connectivity index (χ1n) is 7.24. The summed E-state index contributed by atoms with van der Waals surface area (Å²) in [5.41, 5.74) is 4.68. The number of H-pyrrole nitrogens is 1. The maximum atomic E-state index is 12.8. The number of nitrogens with two attached hydrogens (primary N) is 1. The van der Waals surface area contributed by atoms with Crippen LogP contribution in [-0.4, -0.2) is 31.3 Å². The lowest BCUT2D eigenvalue weighted by Gasteiger charge is -2.06. The van der Waals surface area contributed by atoms with Gasteiger partial charge in [-0.1, -0.05) is 0 Å². The van der Waals surface area contributed by atoms with E-state index in [0.717, 1.165) is 6.07 Å². The van der Waals surface area contributed by atoms with Crippen molar-refractivity contribution in [3.63, 3.8) is 0 Å². The number of non-ortho nitro benzene ring substituents is 1. The number of sulfone groups is 1. The number of primary amides is 1. The van der Waals surface area contributed by atoms with Crippen molar-refractivity contribution < 1.29 is 22.9 Å². The number of nitro groups is 1. The number of carbonyl (C=O) groups excluding carboxylic acids is 1. The van der Waals surface area contributed by atoms with E-state index < -0.39 is 26.4 Å². The zero-order valence-electron chi connectivity index (χ0n) is 13.4. The lowest BCUT2D eigenvalue weighted by atomic mass is 10.2. The van der Waals surface area contributed by atoms with Gasteiger partial charge >= 0.3 is 0 Å². The van der Waals surface area contributed by atoms with Gasteiger partial charge in [0.25, 0.3) is 11.6 Å². The second-order valence-corrected chi connectivity index (χ2v) is 7.34. The highest BCUT2D eigenvalue weighted by Crippen LogP contribution is 2.32. The van der Waals surface area contributed by atoms with Crippen molar-refractivity contribution in [2.24, 2.45) is 5.73 Å². The Morgan fingerprint density at radius 3 is 2.35 bits per heavy atom. The summed E-state index contributed by atoms with van der Waals surface area (Å²) in [5.74, 6) is -0.336. The van der Waals surface area contributed by atoms with Gasteiger partial charge in [0.15, 0.2) is 0 Å². The molecular weight excluding hydrogens is 362 g/mol. The van der Waals surface area contributed by atoms with Crippen molar-refractivity contribution in [1.29, 1.82) is 0 Å². The van der Waals surface area contributed by atoms with Crippen LogP contribution in [0.4, 0.5) is 5.69 Å². The highest BCUT2D eigenvalue weighted by molar-refractivity contribution is 7.91. The van der Waals surface area contributed by atoms with Gasteiger partial charge in [-0.15, -0.1) is 0 Å². The second-order valence-electron chi connectivity index (χ2n) is 5.39. The summed E-state index contributed by atoms with van der Waals surface area (Å²) in [7, 11) is -2.57. The molecule has 0 unspecified atom stereocenters. The van der Waals surface area contributed by atoms with Crippen LogP contribution in [0, 0.1) is 10.1 Å². The van der Waals surface area contributed by atoms with Crippen LogP contribution < -0.4 is 10.5 Å². The number of hydrogen-bond donors (Lipinski definition) is 2. The minimum Gasteiger partial charge on any atom is -0.497 e. The van der Waals surface area contributed by atoms with Gasteiger partial charge in [-0.2, -0.15) is 0 Å². The number of fused-ring (bicyclic) bond motifs is 1. The van der Waals surface area contributed by atoms with Crippen LogP contribution in [0.25, 0.3) is 10.9 Å². The van der Waals surface area contributed by atoms with Crippen LogP contribution >= 0.6 is 0 Å². The summed E-state index contributed by atoms with van der Waals surface area (Å²) in [5, 5.41) is 11.5. The first-order chi connectivity index (χ1) is 12.2. The maximum Gasteiger partial charge on any atom is 0.294 e. The minimum absolute atomic E-state index is 0.0254. The van der Waals surface area contributed by atoms with Gasteiger partial charge in [-0.3, -0.25) is 14.9 Å². The zero-order chi connectivity index (χ0) is 19.1. The third kappa shape index (κ3) is 2.86. The predicted molar refractivity (Wildman–Crippen MR) is 91.9 cm³/mol. The van der Waals surface area contributed by atoms with E-state index in [2.05, 4.69) is 4.98 Å². The van der Waals surface area contributed by atoms with Gasteiger partial charge < -0.3 is 15.5 Å². The van der Waals surface area contributed by atoms with E-state index in [1.54, 1.807) is 0 Å². The van der Waals surface area contributed by atoms with E-state index in [-0.39, 0.29) is 26.4 Å². The zero-order valence-corrected chi connectivity index (χ0v) is 14.2. The number of carbonyl (C=O) groups is 1. The Labute approximate surface area is 147 Å². The maximum absolute atomic E-state index is 12.8. The standard InChI is InChI=1S/C16H13N3O6S/c1-25-10-2-4-11(5-3-10)26(23,24)12-6-9-7-13(16(17)20)18-15(9)14(8-12)19(21)22/h2-8,18H,1H3,(H2,17,20). The molecule has 9 nitrogen and oxygen atoms in total. The first kappa shape index (κ1) is 17.4. The fourth-order valence-corrected chi connectivity index (χ4v) is 3.84. The molecule has 0 saturated heterocycles. The molecule has 3 aromatic rings. The largest absolute Gasteiger partial charge is 0.497 e. The van der Waals surface area contributed by atoms with Crippen molar-refractivity contribution in [2.75, 3.05) is 7.11 Å². The number of nitrogens with one attached hydrogen (secondary N) is 1. The van der Waals surface area contributed by atoms with Gasteiger partial charge in [0.05, 0.1) is 21.8 Å². The van der Waals surface area contributed by atoms with E-state index in [1.807, 2.05) is 0 Å². The Hall–Kier alpha value is -3.40. The number of methoxy groups -OCH3 is 1. The molecule has 0 bridgehead atoms.